The number of phenolic OH excluding ortho intramolecular Hbond substituents is 1. The summed E-state index contributed by atoms with van der Waals surface area (Å²) in [5.74, 6) is 1.39. The zero-order valence-electron chi connectivity index (χ0n) is 14.2. The number of nitrogens with zero attached hydrogens (tertiary/aromatic N) is 1. The Morgan fingerprint density at radius 3 is 2.92 bits per heavy atom. The number of likely N-dealkylation sites (tertiary alicyclic amines) is 1. The number of ether oxygens (including phenoxy) is 1. The van der Waals surface area contributed by atoms with E-state index in [1.807, 2.05) is 6.07 Å². The first-order chi connectivity index (χ1) is 12.0. The van der Waals surface area contributed by atoms with Crippen LogP contribution in [0.4, 0.5) is 0 Å². The molecule has 5 heteroatoms. The molecule has 2 heterocycles. The number of phenols is 1. The van der Waals surface area contributed by atoms with Crippen LogP contribution < -0.4 is 4.74 Å². The van der Waals surface area contributed by atoms with E-state index in [9.17, 15) is 15.0 Å². The van der Waals surface area contributed by atoms with E-state index < -0.39 is 17.1 Å². The van der Waals surface area contributed by atoms with Gasteiger partial charge in [0.1, 0.15) is 0 Å². The molecule has 2 N–H and O–H groups in total. The second-order valence-corrected chi connectivity index (χ2v) is 8.72. The lowest BCUT2D eigenvalue weighted by molar-refractivity contribution is -0.188. The van der Waals surface area contributed by atoms with Crippen molar-refractivity contribution in [2.75, 3.05) is 13.1 Å². The maximum Gasteiger partial charge on any atom is 0.174 e. The Morgan fingerprint density at radius 2 is 2.12 bits per heavy atom. The van der Waals surface area contributed by atoms with Gasteiger partial charge in [-0.15, -0.1) is 0 Å². The Labute approximate surface area is 146 Å². The van der Waals surface area contributed by atoms with Gasteiger partial charge in [0, 0.05) is 24.6 Å². The quantitative estimate of drug-likeness (QED) is 0.854. The second kappa shape index (κ2) is 4.38. The number of ketones is 1. The van der Waals surface area contributed by atoms with Crippen molar-refractivity contribution in [1.82, 2.24) is 4.90 Å². The molecule has 132 valence electrons. The molecule has 1 aromatic carbocycles. The molecule has 3 aliphatic carbocycles. The summed E-state index contributed by atoms with van der Waals surface area (Å²) >= 11 is 0. The minimum absolute atomic E-state index is 0.0454. The van der Waals surface area contributed by atoms with Crippen molar-refractivity contribution in [3.05, 3.63) is 23.3 Å². The first-order valence-corrected chi connectivity index (χ1v) is 9.56. The maximum atomic E-state index is 12.7. The van der Waals surface area contributed by atoms with Crippen molar-refractivity contribution >= 4 is 5.78 Å². The van der Waals surface area contributed by atoms with E-state index in [4.69, 9.17) is 4.74 Å². The van der Waals surface area contributed by atoms with Crippen LogP contribution in [0.15, 0.2) is 12.1 Å². The molecule has 5 nitrogen and oxygen atoms in total. The molecule has 0 aromatic heterocycles. The van der Waals surface area contributed by atoms with Crippen molar-refractivity contribution in [3.8, 4) is 11.5 Å². The predicted octanol–water partition coefficient (Wildman–Crippen LogP) is 1.53. The van der Waals surface area contributed by atoms with Gasteiger partial charge in [0.25, 0.3) is 0 Å². The fraction of sp³-hybridized carbons (Fsp3) is 0.650. The van der Waals surface area contributed by atoms with Crippen LogP contribution in [0.25, 0.3) is 0 Å². The van der Waals surface area contributed by atoms with Crippen LogP contribution in [-0.2, 0) is 16.6 Å². The number of carbonyl (C=O) groups excluding carboxylic acids is 1. The molecular weight excluding hydrogens is 318 g/mol. The average Bonchev–Trinajstić information content (AvgIpc) is 3.32. The number of carbonyl (C=O) groups is 1. The molecule has 2 saturated carbocycles. The highest BCUT2D eigenvalue weighted by molar-refractivity contribution is 5.90. The number of piperidine rings is 1. The molecule has 2 aliphatic heterocycles. The van der Waals surface area contributed by atoms with Crippen molar-refractivity contribution in [1.29, 1.82) is 0 Å². The van der Waals surface area contributed by atoms with Gasteiger partial charge in [-0.05, 0) is 56.2 Å². The second-order valence-electron chi connectivity index (χ2n) is 8.72. The maximum absolute atomic E-state index is 12.7. The van der Waals surface area contributed by atoms with Crippen molar-refractivity contribution < 1.29 is 19.7 Å². The Hall–Kier alpha value is -1.59. The number of aliphatic hydroxyl groups is 1. The van der Waals surface area contributed by atoms with E-state index in [0.29, 0.717) is 18.6 Å². The van der Waals surface area contributed by atoms with Gasteiger partial charge in [-0.3, -0.25) is 9.69 Å². The first-order valence-electron chi connectivity index (χ1n) is 9.56. The topological polar surface area (TPSA) is 70.0 Å². The van der Waals surface area contributed by atoms with E-state index in [2.05, 4.69) is 4.90 Å². The molecule has 3 fully saturated rings. The van der Waals surface area contributed by atoms with Gasteiger partial charge in [0.05, 0.1) is 11.0 Å². The summed E-state index contributed by atoms with van der Waals surface area (Å²) in [6.45, 7) is 1.95. The van der Waals surface area contributed by atoms with Gasteiger partial charge < -0.3 is 14.9 Å². The van der Waals surface area contributed by atoms with Crippen molar-refractivity contribution in [3.63, 3.8) is 0 Å². The minimum atomic E-state index is -0.940. The summed E-state index contributed by atoms with van der Waals surface area (Å²) in [7, 11) is 0. The predicted molar refractivity (Wildman–Crippen MR) is 89.8 cm³/mol. The van der Waals surface area contributed by atoms with E-state index >= 15 is 0 Å². The summed E-state index contributed by atoms with van der Waals surface area (Å²) in [4.78, 5) is 15.2. The van der Waals surface area contributed by atoms with Gasteiger partial charge in [0.2, 0.25) is 0 Å². The number of hydrogen-bond acceptors (Lipinski definition) is 5. The molecule has 25 heavy (non-hydrogen) atoms. The van der Waals surface area contributed by atoms with Gasteiger partial charge in [0.15, 0.2) is 23.4 Å². The Bertz CT molecular complexity index is 803. The van der Waals surface area contributed by atoms with Crippen LogP contribution in [-0.4, -0.2) is 51.7 Å². The number of benzene rings is 1. The Balaban J connectivity index is 1.58. The van der Waals surface area contributed by atoms with Crippen LogP contribution >= 0.6 is 0 Å². The number of aromatic hydroxyl groups is 1. The fourth-order valence-electron chi connectivity index (χ4n) is 6.26. The average molecular weight is 341 g/mol. The molecular formula is C20H23NO4. The van der Waals surface area contributed by atoms with Crippen molar-refractivity contribution in [2.45, 2.75) is 61.7 Å². The first kappa shape index (κ1) is 14.6. The largest absolute Gasteiger partial charge is 0.504 e. The van der Waals surface area contributed by atoms with E-state index in [1.165, 1.54) is 12.8 Å². The summed E-state index contributed by atoms with van der Waals surface area (Å²) in [5.41, 5.74) is 0.454. The minimum Gasteiger partial charge on any atom is -0.504 e. The zero-order valence-corrected chi connectivity index (χ0v) is 14.2. The molecule has 0 amide bonds. The van der Waals surface area contributed by atoms with Gasteiger partial charge >= 0.3 is 0 Å². The summed E-state index contributed by atoms with van der Waals surface area (Å²) in [6, 6.07) is 3.69. The van der Waals surface area contributed by atoms with Gasteiger partial charge in [-0.2, -0.15) is 0 Å². The van der Waals surface area contributed by atoms with Crippen LogP contribution in [0.5, 0.6) is 11.5 Å². The molecule has 5 aliphatic rings. The highest BCUT2D eigenvalue weighted by Gasteiger charge is 2.73. The lowest BCUT2D eigenvalue weighted by Gasteiger charge is -2.62. The van der Waals surface area contributed by atoms with Crippen molar-refractivity contribution in [2.24, 2.45) is 5.92 Å². The summed E-state index contributed by atoms with van der Waals surface area (Å²) < 4.78 is 6.04. The Morgan fingerprint density at radius 1 is 1.28 bits per heavy atom. The number of rotatable bonds is 2. The van der Waals surface area contributed by atoms with E-state index in [0.717, 1.165) is 43.0 Å². The third-order valence-electron chi connectivity index (χ3n) is 7.56. The smallest absolute Gasteiger partial charge is 0.174 e. The van der Waals surface area contributed by atoms with Crippen LogP contribution in [0.2, 0.25) is 0 Å². The third kappa shape index (κ3) is 1.56. The summed E-state index contributed by atoms with van der Waals surface area (Å²) in [6.07, 6.45) is 4.33. The van der Waals surface area contributed by atoms with Crippen LogP contribution in [0.3, 0.4) is 0 Å². The highest BCUT2D eigenvalue weighted by Crippen LogP contribution is 2.64. The van der Waals surface area contributed by atoms with Crippen LogP contribution in [0, 0.1) is 5.92 Å². The van der Waals surface area contributed by atoms with Gasteiger partial charge in [-0.25, -0.2) is 0 Å². The molecule has 0 radical (unpaired) electrons. The SMILES string of the molecule is O=C1CC[C@]2(O)C3Cc4ccc(O)c5c4C2(CCN3CC2CC2)C1O5. The fourth-order valence-corrected chi connectivity index (χ4v) is 6.26. The molecule has 2 bridgehead atoms. The lowest BCUT2D eigenvalue weighted by Crippen LogP contribution is -2.76. The van der Waals surface area contributed by atoms with E-state index in [1.54, 1.807) is 6.07 Å². The molecule has 4 atom stereocenters. The van der Waals surface area contributed by atoms with E-state index in [-0.39, 0.29) is 17.6 Å². The number of Topliss-reactive ketones (excluding diaryl/α,β-unsaturated/α-hetero) is 1. The van der Waals surface area contributed by atoms with Gasteiger partial charge in [-0.1, -0.05) is 6.07 Å². The van der Waals surface area contributed by atoms with Crippen LogP contribution in [0.1, 0.15) is 43.2 Å². The molecule has 3 unspecified atom stereocenters. The molecule has 1 saturated heterocycles. The summed E-state index contributed by atoms with van der Waals surface area (Å²) in [5, 5.41) is 22.3. The molecule has 1 aromatic rings. The highest BCUT2D eigenvalue weighted by atomic mass is 16.5. The lowest BCUT2D eigenvalue weighted by atomic mass is 9.49. The normalized spacial score (nSPS) is 41.4. The molecule has 1 spiro atoms. The number of hydrogen-bond donors (Lipinski definition) is 2. The monoisotopic (exact) mass is 341 g/mol. The standard InChI is InChI=1S/C20H23NO4/c22-13-4-3-12-9-15-20(24)6-5-14(23)18-19(20,16(12)17(13)25-18)7-8-21(15)10-11-1-2-11/h3-4,11,15,18,22,24H,1-2,5-10H2/t15?,18?,19?,20-/m0/s1. The Kier molecular flexibility index (Phi) is 2.55. The molecule has 6 rings (SSSR count). The third-order valence-corrected chi connectivity index (χ3v) is 7.56. The zero-order chi connectivity index (χ0) is 17.0.